The third-order valence-corrected chi connectivity index (χ3v) is 4.42. The molecule has 1 aromatic rings. The average Bonchev–Trinajstić information content (AvgIpc) is 2.67. The van der Waals surface area contributed by atoms with E-state index in [1.54, 1.807) is 11.3 Å². The number of halogens is 2. The molecular formula is C13H25Cl2N3S. The van der Waals surface area contributed by atoms with E-state index in [1.165, 1.54) is 42.9 Å². The van der Waals surface area contributed by atoms with Crippen molar-refractivity contribution in [3.8, 4) is 0 Å². The van der Waals surface area contributed by atoms with Crippen LogP contribution in [0.4, 0.5) is 5.13 Å². The Labute approximate surface area is 132 Å². The van der Waals surface area contributed by atoms with Gasteiger partial charge in [0.05, 0.1) is 5.69 Å². The van der Waals surface area contributed by atoms with Gasteiger partial charge in [-0.05, 0) is 45.2 Å². The van der Waals surface area contributed by atoms with Crippen LogP contribution in [0.15, 0.2) is 0 Å². The van der Waals surface area contributed by atoms with Gasteiger partial charge in [0.1, 0.15) is 0 Å². The van der Waals surface area contributed by atoms with Crippen molar-refractivity contribution in [2.45, 2.75) is 52.0 Å². The van der Waals surface area contributed by atoms with Crippen LogP contribution in [0.2, 0.25) is 0 Å². The van der Waals surface area contributed by atoms with Crippen LogP contribution in [0.5, 0.6) is 0 Å². The Kier molecular flexibility index (Phi) is 8.99. The number of nitrogens with two attached hydrogens (primary N) is 1. The minimum atomic E-state index is 0. The highest BCUT2D eigenvalue weighted by Crippen LogP contribution is 2.30. The van der Waals surface area contributed by atoms with E-state index in [9.17, 15) is 0 Å². The van der Waals surface area contributed by atoms with Crippen molar-refractivity contribution in [2.24, 2.45) is 0 Å². The second-order valence-corrected chi connectivity index (χ2v) is 5.97. The van der Waals surface area contributed by atoms with Gasteiger partial charge in [-0.1, -0.05) is 13.8 Å². The van der Waals surface area contributed by atoms with E-state index < -0.39 is 0 Å². The molecule has 0 radical (unpaired) electrons. The summed E-state index contributed by atoms with van der Waals surface area (Å²) in [7, 11) is 0. The first-order valence-electron chi connectivity index (χ1n) is 6.72. The normalized spacial score (nSPS) is 17.5. The summed E-state index contributed by atoms with van der Waals surface area (Å²) in [4.78, 5) is 8.49. The molecule has 1 aliphatic rings. The van der Waals surface area contributed by atoms with E-state index in [1.807, 2.05) is 0 Å². The number of thiazole rings is 1. The first-order valence-corrected chi connectivity index (χ1v) is 7.54. The van der Waals surface area contributed by atoms with E-state index in [4.69, 9.17) is 5.73 Å². The highest BCUT2D eigenvalue weighted by Gasteiger charge is 2.25. The molecule has 3 nitrogen and oxygen atoms in total. The first kappa shape index (κ1) is 19.0. The lowest BCUT2D eigenvalue weighted by molar-refractivity contribution is 0.180. The van der Waals surface area contributed by atoms with E-state index in [2.05, 4.69) is 23.7 Å². The Balaban J connectivity index is 0.00000162. The minimum absolute atomic E-state index is 0. The van der Waals surface area contributed by atoms with Gasteiger partial charge in [0.25, 0.3) is 0 Å². The summed E-state index contributed by atoms with van der Waals surface area (Å²) >= 11 is 1.69. The standard InChI is InChI=1S/C13H23N3S.2ClH/c1-3-7-16(8-4-2)10-5-6-11-12(9-10)17-13(14)15-11;;/h10H,3-9H2,1-2H3,(H2,14,15);2*1H. The molecule has 0 spiro atoms. The predicted molar refractivity (Wildman–Crippen MR) is 89.0 cm³/mol. The van der Waals surface area contributed by atoms with Crippen LogP contribution in [0.1, 0.15) is 43.7 Å². The van der Waals surface area contributed by atoms with Gasteiger partial charge in [0.15, 0.2) is 5.13 Å². The molecule has 1 unspecified atom stereocenters. The van der Waals surface area contributed by atoms with E-state index in [-0.39, 0.29) is 24.8 Å². The molecule has 112 valence electrons. The molecule has 1 heterocycles. The van der Waals surface area contributed by atoms with Crippen LogP contribution < -0.4 is 5.73 Å². The number of fused-ring (bicyclic) bond motifs is 1. The largest absolute Gasteiger partial charge is 0.375 e. The van der Waals surface area contributed by atoms with Crippen molar-refractivity contribution in [3.63, 3.8) is 0 Å². The highest BCUT2D eigenvalue weighted by atomic mass is 35.5. The summed E-state index contributed by atoms with van der Waals surface area (Å²) in [6.45, 7) is 6.98. The zero-order chi connectivity index (χ0) is 12.3. The van der Waals surface area contributed by atoms with Crippen molar-refractivity contribution in [2.75, 3.05) is 18.8 Å². The molecule has 1 aliphatic carbocycles. The van der Waals surface area contributed by atoms with Gasteiger partial charge in [-0.2, -0.15) is 0 Å². The number of anilines is 1. The van der Waals surface area contributed by atoms with Crippen molar-refractivity contribution < 1.29 is 0 Å². The molecule has 0 aromatic carbocycles. The summed E-state index contributed by atoms with van der Waals surface area (Å²) in [6.07, 6.45) is 6.00. The number of nitrogens with zero attached hydrogens (tertiary/aromatic N) is 2. The molecule has 6 heteroatoms. The number of aromatic nitrogens is 1. The maximum absolute atomic E-state index is 5.79. The van der Waals surface area contributed by atoms with Crippen LogP contribution in [-0.4, -0.2) is 29.0 Å². The van der Waals surface area contributed by atoms with Crippen molar-refractivity contribution in [1.82, 2.24) is 9.88 Å². The molecule has 0 saturated heterocycles. The molecule has 2 N–H and O–H groups in total. The Morgan fingerprint density at radius 3 is 2.47 bits per heavy atom. The molecule has 0 amide bonds. The maximum atomic E-state index is 5.79. The van der Waals surface area contributed by atoms with E-state index in [0.29, 0.717) is 6.04 Å². The van der Waals surface area contributed by atoms with Crippen molar-refractivity contribution in [1.29, 1.82) is 0 Å². The lowest BCUT2D eigenvalue weighted by Gasteiger charge is -2.33. The summed E-state index contributed by atoms with van der Waals surface area (Å²) in [6, 6.07) is 0.710. The minimum Gasteiger partial charge on any atom is -0.375 e. The highest BCUT2D eigenvalue weighted by molar-refractivity contribution is 7.15. The van der Waals surface area contributed by atoms with Crippen LogP contribution in [0.25, 0.3) is 0 Å². The van der Waals surface area contributed by atoms with Gasteiger partial charge >= 0.3 is 0 Å². The molecule has 0 saturated carbocycles. The van der Waals surface area contributed by atoms with Gasteiger partial charge in [-0.3, -0.25) is 0 Å². The number of aryl methyl sites for hydroxylation is 1. The van der Waals surface area contributed by atoms with Gasteiger partial charge in [-0.15, -0.1) is 36.2 Å². The third-order valence-electron chi connectivity index (χ3n) is 3.47. The summed E-state index contributed by atoms with van der Waals surface area (Å²) in [5, 5.41) is 0.744. The second kappa shape index (κ2) is 9.01. The van der Waals surface area contributed by atoms with E-state index >= 15 is 0 Å². The van der Waals surface area contributed by atoms with Crippen LogP contribution in [-0.2, 0) is 12.8 Å². The molecule has 2 rings (SSSR count). The third kappa shape index (κ3) is 4.78. The van der Waals surface area contributed by atoms with Gasteiger partial charge < -0.3 is 10.6 Å². The molecule has 1 aromatic heterocycles. The fraction of sp³-hybridized carbons (Fsp3) is 0.769. The number of nitrogen functional groups attached to an aromatic ring is 1. The number of hydrogen-bond donors (Lipinski definition) is 1. The topological polar surface area (TPSA) is 42.2 Å². The lowest BCUT2D eigenvalue weighted by Crippen LogP contribution is -2.40. The predicted octanol–water partition coefficient (Wildman–Crippen LogP) is 3.55. The van der Waals surface area contributed by atoms with Crippen LogP contribution in [0.3, 0.4) is 0 Å². The zero-order valence-electron chi connectivity index (χ0n) is 11.7. The number of hydrogen-bond acceptors (Lipinski definition) is 4. The SMILES string of the molecule is CCCN(CCC)C1CCc2nc(N)sc2C1.Cl.Cl. The Morgan fingerprint density at radius 1 is 1.26 bits per heavy atom. The molecule has 0 bridgehead atoms. The Bertz CT molecular complexity index is 365. The maximum Gasteiger partial charge on any atom is 0.180 e. The van der Waals surface area contributed by atoms with Crippen LogP contribution in [0, 0.1) is 0 Å². The fourth-order valence-corrected chi connectivity index (χ4v) is 3.69. The van der Waals surface area contributed by atoms with Gasteiger partial charge in [0.2, 0.25) is 0 Å². The number of rotatable bonds is 5. The molecular weight excluding hydrogens is 301 g/mol. The lowest BCUT2D eigenvalue weighted by atomic mass is 9.96. The summed E-state index contributed by atoms with van der Waals surface area (Å²) in [5.74, 6) is 0. The second-order valence-electron chi connectivity index (χ2n) is 4.85. The van der Waals surface area contributed by atoms with Gasteiger partial charge in [0, 0.05) is 10.9 Å². The summed E-state index contributed by atoms with van der Waals surface area (Å²) < 4.78 is 0. The van der Waals surface area contributed by atoms with Crippen LogP contribution >= 0.6 is 36.2 Å². The molecule has 19 heavy (non-hydrogen) atoms. The smallest absolute Gasteiger partial charge is 0.180 e. The Hall–Kier alpha value is -0.0300. The van der Waals surface area contributed by atoms with Crippen molar-refractivity contribution >= 4 is 41.3 Å². The molecule has 0 fully saturated rings. The van der Waals surface area contributed by atoms with E-state index in [0.717, 1.165) is 18.0 Å². The zero-order valence-corrected chi connectivity index (χ0v) is 14.2. The Morgan fingerprint density at radius 2 is 1.89 bits per heavy atom. The quantitative estimate of drug-likeness (QED) is 0.900. The monoisotopic (exact) mass is 325 g/mol. The fourth-order valence-electron chi connectivity index (χ4n) is 2.74. The first-order chi connectivity index (χ1) is 8.24. The van der Waals surface area contributed by atoms with Crippen molar-refractivity contribution in [3.05, 3.63) is 10.6 Å². The summed E-state index contributed by atoms with van der Waals surface area (Å²) in [5.41, 5.74) is 7.05. The molecule has 0 aliphatic heterocycles. The average molecular weight is 326 g/mol. The molecule has 1 atom stereocenters. The van der Waals surface area contributed by atoms with Gasteiger partial charge in [-0.25, -0.2) is 4.98 Å².